The topological polar surface area (TPSA) is 105 Å². The van der Waals surface area contributed by atoms with Crippen molar-refractivity contribution in [2.45, 2.75) is 145 Å². The molecule has 2 amide bonds. The Hall–Kier alpha value is -5.50. The zero-order chi connectivity index (χ0) is 46.2. The van der Waals surface area contributed by atoms with Crippen molar-refractivity contribution in [3.63, 3.8) is 0 Å². The van der Waals surface area contributed by atoms with Crippen molar-refractivity contribution < 1.29 is 24.1 Å². The number of anilines is 3. The van der Waals surface area contributed by atoms with E-state index in [9.17, 15) is 19.5 Å². The summed E-state index contributed by atoms with van der Waals surface area (Å²) in [6.45, 7) is 17.8. The van der Waals surface area contributed by atoms with Gasteiger partial charge in [0.05, 0.1) is 11.4 Å². The minimum absolute atomic E-state index is 0.0239. The first-order chi connectivity index (χ1) is 31.0. The van der Waals surface area contributed by atoms with E-state index in [0.717, 1.165) is 126 Å². The van der Waals surface area contributed by atoms with Gasteiger partial charge in [-0.2, -0.15) is 4.58 Å². The molecule has 5 rings (SSSR count). The number of hydrogen-bond donors (Lipinski definition) is 2. The van der Waals surface area contributed by atoms with Crippen molar-refractivity contribution in [2.24, 2.45) is 11.8 Å². The summed E-state index contributed by atoms with van der Waals surface area (Å²) in [4.78, 5) is 42.2. The fourth-order valence-electron chi connectivity index (χ4n) is 8.82. The van der Waals surface area contributed by atoms with Crippen LogP contribution in [0.3, 0.4) is 0 Å². The second-order valence-electron chi connectivity index (χ2n) is 17.8. The Morgan fingerprint density at radius 2 is 1.23 bits per heavy atom. The fourth-order valence-corrected chi connectivity index (χ4v) is 8.82. The van der Waals surface area contributed by atoms with Crippen LogP contribution in [-0.2, 0) is 27.2 Å². The first-order valence-corrected chi connectivity index (χ1v) is 24.4. The summed E-state index contributed by atoms with van der Waals surface area (Å²) in [5, 5.41) is 20.3. The summed E-state index contributed by atoms with van der Waals surface area (Å²) >= 11 is 0. The second-order valence-corrected chi connectivity index (χ2v) is 17.8. The number of rotatable bonds is 24. The largest absolute Gasteiger partial charge is 0.871 e. The van der Waals surface area contributed by atoms with Gasteiger partial charge in [0.2, 0.25) is 23.2 Å². The third-order valence-electron chi connectivity index (χ3n) is 12.8. The van der Waals surface area contributed by atoms with Crippen LogP contribution in [0.1, 0.15) is 149 Å². The molecule has 2 aliphatic carbocycles. The summed E-state index contributed by atoms with van der Waals surface area (Å²) in [5.41, 5.74) is 8.10. The zero-order valence-electron chi connectivity index (χ0n) is 40.1. The van der Waals surface area contributed by atoms with Gasteiger partial charge in [0, 0.05) is 84.3 Å². The lowest BCUT2D eigenvalue weighted by molar-refractivity contribution is -0.448. The van der Waals surface area contributed by atoms with Crippen LogP contribution in [0.5, 0.6) is 0 Å². The van der Waals surface area contributed by atoms with Crippen LogP contribution in [0.15, 0.2) is 108 Å². The number of allylic oxidation sites excluding steroid dienone is 5. The molecule has 0 saturated carbocycles. The third kappa shape index (κ3) is 12.8. The number of carbonyl (C=O) groups is 3. The summed E-state index contributed by atoms with van der Waals surface area (Å²) in [6.07, 6.45) is 21.1. The third-order valence-corrected chi connectivity index (χ3v) is 12.8. The molecule has 0 heterocycles. The van der Waals surface area contributed by atoms with Crippen LogP contribution in [0.2, 0.25) is 0 Å². The van der Waals surface area contributed by atoms with Crippen molar-refractivity contribution in [2.75, 3.05) is 23.3 Å². The average molecular weight is 867 g/mol. The van der Waals surface area contributed by atoms with Crippen LogP contribution in [0, 0.1) is 11.8 Å². The Morgan fingerprint density at radius 1 is 0.672 bits per heavy atom. The molecule has 3 aromatic rings. The van der Waals surface area contributed by atoms with E-state index < -0.39 is 11.5 Å². The first kappa shape index (κ1) is 49.5. The molecule has 0 fully saturated rings. The minimum atomic E-state index is -0.418. The molecule has 342 valence electrons. The number of benzene rings is 3. The van der Waals surface area contributed by atoms with E-state index in [-0.39, 0.29) is 23.0 Å². The summed E-state index contributed by atoms with van der Waals surface area (Å²) in [5.74, 6) is -0.532. The molecule has 8 nitrogen and oxygen atoms in total. The van der Waals surface area contributed by atoms with E-state index in [2.05, 4.69) is 110 Å². The van der Waals surface area contributed by atoms with E-state index >= 15 is 0 Å². The lowest BCUT2D eigenvalue weighted by atomic mass is 9.78. The van der Waals surface area contributed by atoms with Gasteiger partial charge >= 0.3 is 0 Å². The highest BCUT2D eigenvalue weighted by molar-refractivity contribution is 6.40. The van der Waals surface area contributed by atoms with Gasteiger partial charge in [-0.15, -0.1) is 0 Å². The summed E-state index contributed by atoms with van der Waals surface area (Å²) in [7, 11) is 0. The van der Waals surface area contributed by atoms with Gasteiger partial charge in [0.15, 0.2) is 12.3 Å². The van der Waals surface area contributed by atoms with E-state index in [4.69, 9.17) is 0 Å². The molecule has 0 radical (unpaired) electrons. The quantitative estimate of drug-likeness (QED) is 0.0689. The number of aryl methyl sites for hydroxylation is 2. The monoisotopic (exact) mass is 867 g/mol. The van der Waals surface area contributed by atoms with Crippen molar-refractivity contribution in [1.82, 2.24) is 5.32 Å². The van der Waals surface area contributed by atoms with Gasteiger partial charge in [-0.25, -0.2) is 0 Å². The first-order valence-electron chi connectivity index (χ1n) is 24.4. The Balaban J connectivity index is 1.59. The number of unbranched alkanes of at least 4 members (excludes halogenated alkanes) is 4. The average Bonchev–Trinajstić information content (AvgIpc) is 3.29. The second kappa shape index (κ2) is 24.5. The Labute approximate surface area is 384 Å². The maximum Gasteiger partial charge on any atom is 0.221 e. The SMILES string of the molecule is CCCCc1ccc(N(CC(CC)CCCC)c2ccc(C3=C([O-])/C(=C4\C=CC(=[N+](CC(CC)CCCC)c5ccc(CCCC)cc5)C=C4NC(C)=O)C3=O)c(NC(C)=O)c2)cc1. The maximum absolute atomic E-state index is 14.4. The van der Waals surface area contributed by atoms with Gasteiger partial charge in [-0.3, -0.25) is 14.4 Å². The number of nitrogens with one attached hydrogen (secondary N) is 2. The van der Waals surface area contributed by atoms with Crippen molar-refractivity contribution in [3.05, 3.63) is 124 Å². The minimum Gasteiger partial charge on any atom is -0.871 e. The lowest BCUT2D eigenvalue weighted by Crippen LogP contribution is -2.34. The van der Waals surface area contributed by atoms with Crippen LogP contribution < -0.4 is 20.6 Å². The molecule has 3 aromatic carbocycles. The highest BCUT2D eigenvalue weighted by Crippen LogP contribution is 2.43. The molecule has 0 saturated heterocycles. The van der Waals surface area contributed by atoms with Crippen molar-refractivity contribution >= 4 is 51.6 Å². The summed E-state index contributed by atoms with van der Waals surface area (Å²) < 4.78 is 2.30. The Morgan fingerprint density at radius 3 is 1.78 bits per heavy atom. The molecule has 2 N–H and O–H groups in total. The lowest BCUT2D eigenvalue weighted by Gasteiger charge is -2.35. The van der Waals surface area contributed by atoms with Gasteiger partial charge in [-0.05, 0) is 92.3 Å². The molecular formula is C56H74N4O4. The molecule has 0 bridgehead atoms. The predicted octanol–water partition coefficient (Wildman–Crippen LogP) is 12.2. The molecule has 64 heavy (non-hydrogen) atoms. The number of ketones is 1. The predicted molar refractivity (Wildman–Crippen MR) is 264 cm³/mol. The fraction of sp³-hybridized carbons (Fsp3) is 0.464. The molecule has 2 unspecified atom stereocenters. The number of hydrogen-bond acceptors (Lipinski definition) is 5. The molecule has 0 aliphatic heterocycles. The van der Waals surface area contributed by atoms with Gasteiger partial charge in [-0.1, -0.05) is 123 Å². The van der Waals surface area contributed by atoms with Gasteiger partial charge in [0.25, 0.3) is 0 Å². The van der Waals surface area contributed by atoms with Gasteiger partial charge in [0.1, 0.15) is 0 Å². The Bertz CT molecular complexity index is 2240. The van der Waals surface area contributed by atoms with Crippen molar-refractivity contribution in [1.29, 1.82) is 0 Å². The highest BCUT2D eigenvalue weighted by Gasteiger charge is 2.35. The smallest absolute Gasteiger partial charge is 0.221 e. The van der Waals surface area contributed by atoms with E-state index in [1.165, 1.54) is 25.0 Å². The molecule has 0 spiro atoms. The van der Waals surface area contributed by atoms with E-state index in [0.29, 0.717) is 34.4 Å². The van der Waals surface area contributed by atoms with E-state index in [1.54, 1.807) is 12.1 Å². The van der Waals surface area contributed by atoms with Crippen LogP contribution in [0.25, 0.3) is 5.57 Å². The molecular weight excluding hydrogens is 793 g/mol. The zero-order valence-corrected chi connectivity index (χ0v) is 40.1. The molecule has 0 aromatic heterocycles. The molecule has 2 atom stereocenters. The highest BCUT2D eigenvalue weighted by atomic mass is 16.3. The number of Topliss-reactive ketones (excluding diaryl/α,β-unsaturated/α-hetero) is 1. The van der Waals surface area contributed by atoms with E-state index in [1.807, 2.05) is 24.3 Å². The van der Waals surface area contributed by atoms with Gasteiger partial charge < -0.3 is 20.6 Å². The van der Waals surface area contributed by atoms with Crippen molar-refractivity contribution in [3.8, 4) is 0 Å². The number of carbonyl (C=O) groups excluding carboxylic acids is 3. The van der Waals surface area contributed by atoms with Crippen LogP contribution in [0.4, 0.5) is 22.7 Å². The number of amides is 2. The maximum atomic E-state index is 14.4. The van der Waals surface area contributed by atoms with Crippen LogP contribution >= 0.6 is 0 Å². The number of nitrogens with zero attached hydrogens (tertiary/aromatic N) is 2. The standard InChI is InChI=1S/C56H74N4O4/c1-9-15-19-41(13-5)37-59(45-27-23-43(24-28-45)21-17-11-3)47-31-33-49(51(35-47)57-39(7)61)53-55(63)54(56(53)64)50-34-32-48(36-52(50)58-40(8)62)60(38-42(14-6)20-16-10-2)46-29-25-44(26-30-46)22-18-12-4/h23-36,41-42H,9-22,37-38H2,1-8H3,(H2,57,58,61,62,63,64). The molecule has 8 heteroatoms. The molecule has 2 aliphatic rings. The normalized spacial score (nSPS) is 16.6. The summed E-state index contributed by atoms with van der Waals surface area (Å²) in [6, 6.07) is 23.2. The Kier molecular flexibility index (Phi) is 19.0. The van der Waals surface area contributed by atoms with Crippen LogP contribution in [-0.4, -0.2) is 41.0 Å².